The number of rotatable bonds is 2. The molecule has 0 saturated carbocycles. The Morgan fingerprint density at radius 1 is 1.43 bits per heavy atom. The molecule has 3 amide bonds. The van der Waals surface area contributed by atoms with Crippen molar-refractivity contribution < 1.29 is 9.59 Å². The quantitative estimate of drug-likeness (QED) is 0.524. The summed E-state index contributed by atoms with van der Waals surface area (Å²) in [6, 6.07) is -0.232. The molecule has 1 atom stereocenters. The van der Waals surface area contributed by atoms with E-state index in [-0.39, 0.29) is 18.5 Å². The van der Waals surface area contributed by atoms with E-state index in [2.05, 4.69) is 17.5 Å². The highest BCUT2D eigenvalue weighted by Crippen LogP contribution is 2.20. The maximum Gasteiger partial charge on any atom is 0.324 e. The van der Waals surface area contributed by atoms with Gasteiger partial charge in [0.15, 0.2) is 0 Å². The van der Waals surface area contributed by atoms with E-state index in [0.717, 1.165) is 19.3 Å². The zero-order valence-electron chi connectivity index (χ0n) is 8.03. The SMILES string of the molecule is O=C1CNC(=O)N1CC1CC=CCC1. The van der Waals surface area contributed by atoms with Crippen LogP contribution in [0.1, 0.15) is 19.3 Å². The van der Waals surface area contributed by atoms with Gasteiger partial charge >= 0.3 is 6.03 Å². The third-order valence-electron chi connectivity index (χ3n) is 2.76. The summed E-state index contributed by atoms with van der Waals surface area (Å²) in [5.74, 6) is 0.359. The summed E-state index contributed by atoms with van der Waals surface area (Å²) in [7, 11) is 0. The van der Waals surface area contributed by atoms with Crippen LogP contribution in [-0.4, -0.2) is 29.9 Å². The van der Waals surface area contributed by atoms with Crippen LogP contribution in [0.4, 0.5) is 4.79 Å². The number of amides is 3. The monoisotopic (exact) mass is 194 g/mol. The highest BCUT2D eigenvalue weighted by molar-refractivity contribution is 6.01. The molecule has 1 aliphatic carbocycles. The van der Waals surface area contributed by atoms with Crippen LogP contribution in [0.15, 0.2) is 12.2 Å². The van der Waals surface area contributed by atoms with Crippen LogP contribution < -0.4 is 5.32 Å². The molecule has 1 fully saturated rings. The number of nitrogens with one attached hydrogen (secondary N) is 1. The predicted octanol–water partition coefficient (Wildman–Crippen LogP) is 0.895. The van der Waals surface area contributed by atoms with Crippen molar-refractivity contribution in [1.82, 2.24) is 10.2 Å². The lowest BCUT2D eigenvalue weighted by atomic mass is 9.94. The minimum Gasteiger partial charge on any atom is -0.329 e. The van der Waals surface area contributed by atoms with Crippen molar-refractivity contribution in [1.29, 1.82) is 0 Å². The van der Waals surface area contributed by atoms with Gasteiger partial charge in [-0.3, -0.25) is 9.69 Å². The van der Waals surface area contributed by atoms with Crippen molar-refractivity contribution in [2.45, 2.75) is 19.3 Å². The van der Waals surface area contributed by atoms with Crippen LogP contribution in [0, 0.1) is 5.92 Å². The maximum absolute atomic E-state index is 11.3. The molecule has 4 nitrogen and oxygen atoms in total. The zero-order chi connectivity index (χ0) is 9.97. The zero-order valence-corrected chi connectivity index (χ0v) is 8.03. The second-order valence-electron chi connectivity index (χ2n) is 3.81. The van der Waals surface area contributed by atoms with E-state index in [4.69, 9.17) is 0 Å². The molecule has 2 rings (SSSR count). The fraction of sp³-hybridized carbons (Fsp3) is 0.600. The predicted molar refractivity (Wildman–Crippen MR) is 51.6 cm³/mol. The van der Waals surface area contributed by atoms with Crippen LogP contribution in [0.2, 0.25) is 0 Å². The molecule has 0 aromatic heterocycles. The van der Waals surface area contributed by atoms with Gasteiger partial charge in [0, 0.05) is 6.54 Å². The average Bonchev–Trinajstić information content (AvgIpc) is 2.51. The number of urea groups is 1. The van der Waals surface area contributed by atoms with Crippen molar-refractivity contribution in [2.24, 2.45) is 5.92 Å². The Kier molecular flexibility index (Phi) is 2.52. The standard InChI is InChI=1S/C10H14N2O2/c13-9-6-11-10(14)12(9)7-8-4-2-1-3-5-8/h1-2,8H,3-7H2,(H,11,14). The Bertz CT molecular complexity index is 270. The fourth-order valence-electron chi connectivity index (χ4n) is 1.92. The number of carbonyl (C=O) groups is 2. The minimum absolute atomic E-state index is 0.0930. The number of allylic oxidation sites excluding steroid dienone is 2. The maximum atomic E-state index is 11.3. The van der Waals surface area contributed by atoms with Crippen LogP contribution >= 0.6 is 0 Å². The van der Waals surface area contributed by atoms with Gasteiger partial charge in [0.2, 0.25) is 5.91 Å². The molecular formula is C10H14N2O2. The van der Waals surface area contributed by atoms with E-state index in [9.17, 15) is 9.59 Å². The van der Waals surface area contributed by atoms with Gasteiger partial charge in [-0.15, -0.1) is 0 Å². The first kappa shape index (κ1) is 9.24. The first-order chi connectivity index (χ1) is 6.77. The van der Waals surface area contributed by atoms with Crippen LogP contribution in [-0.2, 0) is 4.79 Å². The van der Waals surface area contributed by atoms with E-state index < -0.39 is 0 Å². The number of nitrogens with zero attached hydrogens (tertiary/aromatic N) is 1. The van der Waals surface area contributed by atoms with E-state index in [1.165, 1.54) is 4.90 Å². The lowest BCUT2D eigenvalue weighted by Gasteiger charge is -2.22. The molecule has 1 heterocycles. The molecule has 1 aliphatic heterocycles. The number of hydrogen-bond acceptors (Lipinski definition) is 2. The molecule has 1 unspecified atom stereocenters. The Hall–Kier alpha value is -1.32. The van der Waals surface area contributed by atoms with Gasteiger partial charge in [-0.1, -0.05) is 12.2 Å². The Balaban J connectivity index is 1.92. The van der Waals surface area contributed by atoms with Crippen molar-refractivity contribution >= 4 is 11.9 Å². The molecule has 0 bridgehead atoms. The summed E-state index contributed by atoms with van der Waals surface area (Å²) in [5.41, 5.74) is 0. The molecule has 4 heteroatoms. The van der Waals surface area contributed by atoms with Gasteiger partial charge < -0.3 is 5.32 Å². The van der Waals surface area contributed by atoms with Crippen molar-refractivity contribution in [3.63, 3.8) is 0 Å². The molecule has 14 heavy (non-hydrogen) atoms. The first-order valence-corrected chi connectivity index (χ1v) is 5.00. The van der Waals surface area contributed by atoms with Crippen molar-refractivity contribution in [3.05, 3.63) is 12.2 Å². The molecule has 76 valence electrons. The van der Waals surface area contributed by atoms with Gasteiger partial charge in [-0.2, -0.15) is 0 Å². The second kappa shape index (κ2) is 3.82. The molecular weight excluding hydrogens is 180 g/mol. The lowest BCUT2D eigenvalue weighted by Crippen LogP contribution is -2.35. The number of carbonyl (C=O) groups excluding carboxylic acids is 2. The Morgan fingerprint density at radius 2 is 2.29 bits per heavy atom. The highest BCUT2D eigenvalue weighted by Gasteiger charge is 2.30. The lowest BCUT2D eigenvalue weighted by molar-refractivity contribution is -0.125. The fourth-order valence-corrected chi connectivity index (χ4v) is 1.92. The van der Waals surface area contributed by atoms with E-state index >= 15 is 0 Å². The molecule has 0 aromatic carbocycles. The number of imide groups is 1. The molecule has 0 radical (unpaired) electrons. The summed E-state index contributed by atoms with van der Waals surface area (Å²) in [5, 5.41) is 2.53. The van der Waals surface area contributed by atoms with E-state index in [0.29, 0.717) is 12.5 Å². The second-order valence-corrected chi connectivity index (χ2v) is 3.81. The van der Waals surface area contributed by atoms with Gasteiger partial charge in [-0.25, -0.2) is 4.79 Å². The molecule has 0 aromatic rings. The normalized spacial score (nSPS) is 26.9. The third kappa shape index (κ3) is 1.78. The molecule has 0 spiro atoms. The largest absolute Gasteiger partial charge is 0.329 e. The topological polar surface area (TPSA) is 49.4 Å². The smallest absolute Gasteiger partial charge is 0.324 e. The van der Waals surface area contributed by atoms with Gasteiger partial charge in [0.1, 0.15) is 0 Å². The van der Waals surface area contributed by atoms with E-state index in [1.807, 2.05) is 0 Å². The highest BCUT2D eigenvalue weighted by atomic mass is 16.2. The summed E-state index contributed by atoms with van der Waals surface area (Å²) in [4.78, 5) is 23.9. The third-order valence-corrected chi connectivity index (χ3v) is 2.76. The minimum atomic E-state index is -0.232. The molecule has 1 N–H and O–H groups in total. The van der Waals surface area contributed by atoms with Crippen molar-refractivity contribution in [3.8, 4) is 0 Å². The van der Waals surface area contributed by atoms with Crippen LogP contribution in [0.5, 0.6) is 0 Å². The molecule has 1 saturated heterocycles. The van der Waals surface area contributed by atoms with Gasteiger partial charge in [-0.05, 0) is 25.2 Å². The summed E-state index contributed by atoms with van der Waals surface area (Å²) in [6.45, 7) is 0.746. The Labute approximate surface area is 83.0 Å². The van der Waals surface area contributed by atoms with Crippen molar-refractivity contribution in [2.75, 3.05) is 13.1 Å². The number of hydrogen-bond donors (Lipinski definition) is 1. The van der Waals surface area contributed by atoms with Crippen LogP contribution in [0.25, 0.3) is 0 Å². The van der Waals surface area contributed by atoms with Crippen LogP contribution in [0.3, 0.4) is 0 Å². The summed E-state index contributed by atoms with van der Waals surface area (Å²) in [6.07, 6.45) is 7.41. The average molecular weight is 194 g/mol. The molecule has 2 aliphatic rings. The summed E-state index contributed by atoms with van der Waals surface area (Å²) >= 11 is 0. The van der Waals surface area contributed by atoms with Gasteiger partial charge in [0.25, 0.3) is 0 Å². The first-order valence-electron chi connectivity index (χ1n) is 5.00. The van der Waals surface area contributed by atoms with Gasteiger partial charge in [0.05, 0.1) is 6.54 Å². The van der Waals surface area contributed by atoms with E-state index in [1.54, 1.807) is 0 Å². The summed E-state index contributed by atoms with van der Waals surface area (Å²) < 4.78 is 0. The Morgan fingerprint density at radius 3 is 2.86 bits per heavy atom.